The zero-order chi connectivity index (χ0) is 19.5. The number of benzene rings is 2. The number of ether oxygens (including phenoxy) is 1. The van der Waals surface area contributed by atoms with Gasteiger partial charge in [0.05, 0.1) is 13.2 Å². The molecular weight excluding hydrogens is 350 g/mol. The predicted octanol–water partition coefficient (Wildman–Crippen LogP) is 2.79. The Morgan fingerprint density at radius 2 is 1.71 bits per heavy atom. The average molecular weight is 380 g/mol. The second-order valence-corrected chi connectivity index (χ2v) is 7.68. The SMILES string of the molecule is COc1cccc(N2CCN(C(C)C(=O)N3CCc4ccccc4C3)CC2)c1. The van der Waals surface area contributed by atoms with Crippen LogP contribution in [0.5, 0.6) is 5.75 Å². The van der Waals surface area contributed by atoms with Crippen molar-refractivity contribution in [1.82, 2.24) is 9.80 Å². The molecule has 0 aliphatic carbocycles. The Hall–Kier alpha value is -2.53. The summed E-state index contributed by atoms with van der Waals surface area (Å²) in [5, 5.41) is 0. The van der Waals surface area contributed by atoms with Crippen molar-refractivity contribution in [1.29, 1.82) is 0 Å². The molecule has 0 saturated carbocycles. The average Bonchev–Trinajstić information content (AvgIpc) is 2.78. The van der Waals surface area contributed by atoms with Crippen molar-refractivity contribution in [3.8, 4) is 5.75 Å². The minimum Gasteiger partial charge on any atom is -0.497 e. The fourth-order valence-corrected chi connectivity index (χ4v) is 4.28. The summed E-state index contributed by atoms with van der Waals surface area (Å²) >= 11 is 0. The lowest BCUT2D eigenvalue weighted by Gasteiger charge is -2.40. The van der Waals surface area contributed by atoms with E-state index < -0.39 is 0 Å². The molecule has 2 aromatic carbocycles. The second-order valence-electron chi connectivity index (χ2n) is 7.68. The number of anilines is 1. The van der Waals surface area contributed by atoms with E-state index in [0.717, 1.165) is 51.4 Å². The number of hydrogen-bond donors (Lipinski definition) is 0. The topological polar surface area (TPSA) is 36.0 Å². The molecule has 2 aliphatic heterocycles. The van der Waals surface area contributed by atoms with Gasteiger partial charge in [-0.3, -0.25) is 9.69 Å². The molecule has 1 amide bonds. The molecule has 2 heterocycles. The molecule has 2 aliphatic rings. The quantitative estimate of drug-likeness (QED) is 0.819. The van der Waals surface area contributed by atoms with Crippen LogP contribution in [0.15, 0.2) is 48.5 Å². The van der Waals surface area contributed by atoms with E-state index in [1.165, 1.54) is 16.8 Å². The molecule has 1 saturated heterocycles. The summed E-state index contributed by atoms with van der Waals surface area (Å²) in [6.07, 6.45) is 0.957. The Kier molecular flexibility index (Phi) is 5.53. The molecule has 28 heavy (non-hydrogen) atoms. The van der Waals surface area contributed by atoms with Crippen molar-refractivity contribution in [3.05, 3.63) is 59.7 Å². The molecular formula is C23H29N3O2. The summed E-state index contributed by atoms with van der Waals surface area (Å²) in [5.41, 5.74) is 3.86. The van der Waals surface area contributed by atoms with Gasteiger partial charge in [-0.25, -0.2) is 0 Å². The van der Waals surface area contributed by atoms with Gasteiger partial charge in [0.15, 0.2) is 0 Å². The summed E-state index contributed by atoms with van der Waals surface area (Å²) in [6.45, 7) is 7.27. The molecule has 1 unspecified atom stereocenters. The van der Waals surface area contributed by atoms with Crippen molar-refractivity contribution in [2.75, 3.05) is 44.7 Å². The zero-order valence-corrected chi connectivity index (χ0v) is 16.8. The summed E-state index contributed by atoms with van der Waals surface area (Å²) in [6, 6.07) is 16.6. The molecule has 1 atom stereocenters. The second kappa shape index (κ2) is 8.23. The highest BCUT2D eigenvalue weighted by atomic mass is 16.5. The van der Waals surface area contributed by atoms with Crippen LogP contribution < -0.4 is 9.64 Å². The molecule has 0 aromatic heterocycles. The molecule has 148 valence electrons. The first-order valence-electron chi connectivity index (χ1n) is 10.1. The monoisotopic (exact) mass is 379 g/mol. The van der Waals surface area contributed by atoms with Crippen LogP contribution in [-0.2, 0) is 17.8 Å². The van der Waals surface area contributed by atoms with Crippen molar-refractivity contribution in [3.63, 3.8) is 0 Å². The van der Waals surface area contributed by atoms with Gasteiger partial charge >= 0.3 is 0 Å². The van der Waals surface area contributed by atoms with Gasteiger partial charge in [0.25, 0.3) is 0 Å². The fraction of sp³-hybridized carbons (Fsp3) is 0.435. The Labute approximate surface area is 167 Å². The normalized spacial score (nSPS) is 18.5. The molecule has 5 nitrogen and oxygen atoms in total. The van der Waals surface area contributed by atoms with Crippen LogP contribution in [0.4, 0.5) is 5.69 Å². The van der Waals surface area contributed by atoms with Crippen LogP contribution in [0.1, 0.15) is 18.1 Å². The maximum atomic E-state index is 13.1. The molecule has 5 heteroatoms. The standard InChI is InChI=1S/C23H29N3O2/c1-18(23(27)26-11-10-19-6-3-4-7-20(19)17-26)24-12-14-25(15-13-24)21-8-5-9-22(16-21)28-2/h3-9,16,18H,10-15,17H2,1-2H3. The summed E-state index contributed by atoms with van der Waals surface area (Å²) < 4.78 is 5.34. The lowest BCUT2D eigenvalue weighted by Crippen LogP contribution is -2.55. The van der Waals surface area contributed by atoms with Crippen molar-refractivity contribution in [2.45, 2.75) is 25.9 Å². The molecule has 2 aromatic rings. The molecule has 1 fully saturated rings. The van der Waals surface area contributed by atoms with Gasteiger partial charge in [-0.05, 0) is 36.6 Å². The number of nitrogens with zero attached hydrogens (tertiary/aromatic N) is 3. The van der Waals surface area contributed by atoms with Gasteiger partial charge in [0.2, 0.25) is 5.91 Å². The summed E-state index contributed by atoms with van der Waals surface area (Å²) in [7, 11) is 1.70. The molecule has 0 N–H and O–H groups in total. The van der Waals surface area contributed by atoms with Crippen molar-refractivity contribution in [2.24, 2.45) is 0 Å². The highest BCUT2D eigenvalue weighted by molar-refractivity contribution is 5.81. The minimum absolute atomic E-state index is 0.0716. The Bertz CT molecular complexity index is 830. The Morgan fingerprint density at radius 3 is 2.46 bits per heavy atom. The van der Waals surface area contributed by atoms with E-state index in [-0.39, 0.29) is 11.9 Å². The van der Waals surface area contributed by atoms with E-state index in [0.29, 0.717) is 0 Å². The van der Waals surface area contributed by atoms with Gasteiger partial charge in [-0.15, -0.1) is 0 Å². The number of piperazine rings is 1. The van der Waals surface area contributed by atoms with E-state index in [1.807, 2.05) is 17.0 Å². The first kappa shape index (κ1) is 18.8. The molecule has 0 radical (unpaired) electrons. The maximum Gasteiger partial charge on any atom is 0.239 e. The van der Waals surface area contributed by atoms with E-state index in [9.17, 15) is 4.79 Å². The number of carbonyl (C=O) groups excluding carboxylic acids is 1. The van der Waals surface area contributed by atoms with Crippen LogP contribution in [0, 0.1) is 0 Å². The van der Waals surface area contributed by atoms with Gasteiger partial charge in [-0.1, -0.05) is 30.3 Å². The Morgan fingerprint density at radius 1 is 0.964 bits per heavy atom. The Balaban J connectivity index is 1.35. The van der Waals surface area contributed by atoms with Crippen LogP contribution in [-0.4, -0.2) is 61.6 Å². The van der Waals surface area contributed by atoms with Crippen LogP contribution >= 0.6 is 0 Å². The van der Waals surface area contributed by atoms with Gasteiger partial charge in [-0.2, -0.15) is 0 Å². The molecule has 4 rings (SSSR count). The van der Waals surface area contributed by atoms with E-state index in [4.69, 9.17) is 4.74 Å². The van der Waals surface area contributed by atoms with Crippen LogP contribution in [0.3, 0.4) is 0 Å². The maximum absolute atomic E-state index is 13.1. The van der Waals surface area contributed by atoms with E-state index >= 15 is 0 Å². The van der Waals surface area contributed by atoms with Gasteiger partial charge in [0.1, 0.15) is 5.75 Å². The lowest BCUT2D eigenvalue weighted by atomic mass is 9.99. The highest BCUT2D eigenvalue weighted by Gasteiger charge is 2.30. The van der Waals surface area contributed by atoms with E-state index in [1.54, 1.807) is 7.11 Å². The van der Waals surface area contributed by atoms with E-state index in [2.05, 4.69) is 53.1 Å². The van der Waals surface area contributed by atoms with Gasteiger partial charge < -0.3 is 14.5 Å². The molecule has 0 bridgehead atoms. The number of amides is 1. The third kappa shape index (κ3) is 3.85. The smallest absolute Gasteiger partial charge is 0.239 e. The van der Waals surface area contributed by atoms with Crippen molar-refractivity contribution >= 4 is 11.6 Å². The van der Waals surface area contributed by atoms with Crippen LogP contribution in [0.2, 0.25) is 0 Å². The zero-order valence-electron chi connectivity index (χ0n) is 16.8. The number of carbonyl (C=O) groups is 1. The first-order chi connectivity index (χ1) is 13.7. The third-order valence-electron chi connectivity index (χ3n) is 6.08. The molecule has 0 spiro atoms. The summed E-state index contributed by atoms with van der Waals surface area (Å²) in [4.78, 5) is 19.8. The first-order valence-corrected chi connectivity index (χ1v) is 10.1. The largest absolute Gasteiger partial charge is 0.497 e. The third-order valence-corrected chi connectivity index (χ3v) is 6.08. The predicted molar refractivity (Wildman–Crippen MR) is 112 cm³/mol. The fourth-order valence-electron chi connectivity index (χ4n) is 4.28. The number of fused-ring (bicyclic) bond motifs is 1. The van der Waals surface area contributed by atoms with Gasteiger partial charge in [0, 0.05) is 51.0 Å². The van der Waals surface area contributed by atoms with Crippen molar-refractivity contribution < 1.29 is 9.53 Å². The number of methoxy groups -OCH3 is 1. The number of hydrogen-bond acceptors (Lipinski definition) is 4. The summed E-state index contributed by atoms with van der Waals surface area (Å²) in [5.74, 6) is 1.14. The highest BCUT2D eigenvalue weighted by Crippen LogP contribution is 2.24. The number of rotatable bonds is 4. The minimum atomic E-state index is -0.0716. The lowest BCUT2D eigenvalue weighted by molar-refractivity contribution is -0.137. The van der Waals surface area contributed by atoms with Crippen LogP contribution in [0.25, 0.3) is 0 Å².